The van der Waals surface area contributed by atoms with Crippen LogP contribution in [0.3, 0.4) is 0 Å². The van der Waals surface area contributed by atoms with Crippen molar-refractivity contribution in [3.8, 4) is 0 Å². The van der Waals surface area contributed by atoms with Gasteiger partial charge in [0.25, 0.3) is 0 Å². The molecule has 1 heterocycles. The maximum absolute atomic E-state index is 12.7. The molecule has 0 aromatic heterocycles. The summed E-state index contributed by atoms with van der Waals surface area (Å²) >= 11 is 0. The van der Waals surface area contributed by atoms with Crippen LogP contribution >= 0.6 is 0 Å². The van der Waals surface area contributed by atoms with Crippen molar-refractivity contribution in [2.24, 2.45) is 5.41 Å². The molecular weight excluding hydrogens is 254 g/mol. The van der Waals surface area contributed by atoms with E-state index in [9.17, 15) is 9.59 Å². The van der Waals surface area contributed by atoms with E-state index in [0.29, 0.717) is 6.42 Å². The molecule has 2 atom stereocenters. The van der Waals surface area contributed by atoms with Crippen LogP contribution in [0.1, 0.15) is 40.5 Å². The fourth-order valence-electron chi connectivity index (χ4n) is 2.47. The van der Waals surface area contributed by atoms with Gasteiger partial charge in [-0.3, -0.25) is 9.69 Å². The van der Waals surface area contributed by atoms with Crippen molar-refractivity contribution in [2.75, 3.05) is 0 Å². The number of esters is 1. The molecule has 20 heavy (non-hydrogen) atoms. The predicted molar refractivity (Wildman–Crippen MR) is 75.3 cm³/mol. The Kier molecular flexibility index (Phi) is 4.40. The third-order valence-corrected chi connectivity index (χ3v) is 3.50. The lowest BCUT2D eigenvalue weighted by Gasteiger charge is -2.33. The molecule has 5 radical (unpaired) electrons. The molecule has 1 saturated heterocycles. The van der Waals surface area contributed by atoms with Crippen LogP contribution in [0, 0.1) is 37.0 Å². The fraction of sp³-hybridized carbons (Fsp3) is 0.562. The maximum atomic E-state index is 12.7. The average Bonchev–Trinajstić information content (AvgIpc) is 2.97. The molecule has 0 aromatic rings. The molecule has 109 valence electrons. The number of nitrogens with zero attached hydrogens (tertiary/aromatic N) is 1. The van der Waals surface area contributed by atoms with Gasteiger partial charge in [-0.2, -0.15) is 0 Å². The van der Waals surface area contributed by atoms with Crippen molar-refractivity contribution in [3.05, 3.63) is 31.6 Å². The highest BCUT2D eigenvalue weighted by molar-refractivity contribution is 5.90. The number of carbonyl (C=O) groups is 2. The Hall–Kier alpha value is -1.06. The highest BCUT2D eigenvalue weighted by Gasteiger charge is 2.50. The normalized spacial score (nSPS) is 28.0. The molecule has 0 N–H and O–H groups in total. The minimum absolute atomic E-state index is 0.0481. The van der Waals surface area contributed by atoms with E-state index in [-0.39, 0.29) is 11.9 Å². The summed E-state index contributed by atoms with van der Waals surface area (Å²) in [5.41, 5.74) is -0.537. The van der Waals surface area contributed by atoms with Gasteiger partial charge in [-0.05, 0) is 32.1 Å². The van der Waals surface area contributed by atoms with Crippen molar-refractivity contribution in [2.45, 2.75) is 52.8 Å². The summed E-state index contributed by atoms with van der Waals surface area (Å²) in [5.74, 6) is 0.512. The molecule has 1 aliphatic carbocycles. The number of carbonyl (C=O) groups excluding carboxylic acids is 2. The van der Waals surface area contributed by atoms with E-state index in [2.05, 4.69) is 0 Å². The second kappa shape index (κ2) is 5.74. The Labute approximate surface area is 121 Å². The lowest BCUT2D eigenvalue weighted by Crippen LogP contribution is -2.49. The van der Waals surface area contributed by atoms with Crippen molar-refractivity contribution >= 4 is 11.9 Å². The molecular formula is C16H22NO3. The minimum atomic E-state index is -0.583. The highest BCUT2D eigenvalue weighted by Crippen LogP contribution is 2.37. The highest BCUT2D eigenvalue weighted by atomic mass is 16.6. The lowest BCUT2D eigenvalue weighted by atomic mass is 9.92. The molecule has 1 amide bonds. The summed E-state index contributed by atoms with van der Waals surface area (Å²) in [6.45, 7) is 7.60. The minimum Gasteiger partial charge on any atom is -0.439 e. The van der Waals surface area contributed by atoms with Crippen LogP contribution in [-0.4, -0.2) is 29.0 Å². The summed E-state index contributed by atoms with van der Waals surface area (Å²) in [6.07, 6.45) is 8.43. The molecule has 2 fully saturated rings. The Balaban J connectivity index is 2.26. The summed E-state index contributed by atoms with van der Waals surface area (Å²) in [7, 11) is 0. The summed E-state index contributed by atoms with van der Waals surface area (Å²) in [5, 5.41) is 0. The van der Waals surface area contributed by atoms with Crippen LogP contribution < -0.4 is 0 Å². The van der Waals surface area contributed by atoms with E-state index in [0.717, 1.165) is 12.3 Å². The first kappa shape index (κ1) is 15.3. The molecule has 0 unspecified atom stereocenters. The number of rotatable bonds is 3. The second-order valence-electron chi connectivity index (χ2n) is 6.27. The Morgan fingerprint density at radius 2 is 1.90 bits per heavy atom. The number of ether oxygens (including phenoxy) is 1. The molecule has 1 aliphatic heterocycles. The Morgan fingerprint density at radius 3 is 2.40 bits per heavy atom. The molecule has 0 spiro atoms. The van der Waals surface area contributed by atoms with Gasteiger partial charge in [-0.25, -0.2) is 4.79 Å². The third kappa shape index (κ3) is 2.84. The molecule has 4 nitrogen and oxygen atoms in total. The largest absolute Gasteiger partial charge is 0.439 e. The van der Waals surface area contributed by atoms with Gasteiger partial charge in [0.1, 0.15) is 6.04 Å². The lowest BCUT2D eigenvalue weighted by molar-refractivity contribution is -0.145. The Morgan fingerprint density at radius 1 is 1.30 bits per heavy atom. The number of hydrogen-bond acceptors (Lipinski definition) is 3. The van der Waals surface area contributed by atoms with Gasteiger partial charge in [0.2, 0.25) is 5.91 Å². The third-order valence-electron chi connectivity index (χ3n) is 3.50. The van der Waals surface area contributed by atoms with E-state index < -0.39 is 17.7 Å². The van der Waals surface area contributed by atoms with Gasteiger partial charge in [0.15, 0.2) is 6.23 Å². The number of amides is 1. The van der Waals surface area contributed by atoms with Gasteiger partial charge >= 0.3 is 5.97 Å². The monoisotopic (exact) mass is 276 g/mol. The van der Waals surface area contributed by atoms with Gasteiger partial charge in [0.05, 0.1) is 0 Å². The quantitative estimate of drug-likeness (QED) is 0.743. The van der Waals surface area contributed by atoms with E-state index in [1.54, 1.807) is 4.90 Å². The first-order valence-corrected chi connectivity index (χ1v) is 7.11. The van der Waals surface area contributed by atoms with Crippen LogP contribution in [0.15, 0.2) is 0 Å². The molecule has 4 heteroatoms. The summed E-state index contributed by atoms with van der Waals surface area (Å²) in [4.78, 5) is 26.4. The van der Waals surface area contributed by atoms with Gasteiger partial charge in [0, 0.05) is 11.3 Å². The molecule has 2 rings (SSSR count). The van der Waals surface area contributed by atoms with E-state index >= 15 is 0 Å². The van der Waals surface area contributed by atoms with Crippen LogP contribution in [0.5, 0.6) is 0 Å². The molecule has 0 aromatic carbocycles. The zero-order valence-electron chi connectivity index (χ0n) is 12.6. The molecule has 1 saturated carbocycles. The second-order valence-corrected chi connectivity index (χ2v) is 6.27. The smallest absolute Gasteiger partial charge is 0.330 e. The fourth-order valence-corrected chi connectivity index (χ4v) is 2.47. The number of hydrogen-bond donors (Lipinski definition) is 0. The SMILES string of the molecule is CCC[C@H]1C(=O)O[C@@H]([C]2[CH][CH][CH][CH]2)N1C(=O)C(C)(C)C. The number of cyclic esters (lactones) is 1. The maximum Gasteiger partial charge on any atom is 0.330 e. The van der Waals surface area contributed by atoms with Crippen molar-refractivity contribution in [1.29, 1.82) is 0 Å². The van der Waals surface area contributed by atoms with Crippen molar-refractivity contribution in [3.63, 3.8) is 0 Å². The zero-order chi connectivity index (χ0) is 14.9. The standard InChI is InChI=1S/C16H22NO3/c1-5-8-12-14(18)20-13(11-9-6-7-10-11)17(12)15(19)16(2,3)4/h6-7,9-10,12-13H,5,8H2,1-4H3/t12-,13-/m0/s1. The van der Waals surface area contributed by atoms with Crippen molar-refractivity contribution < 1.29 is 14.3 Å². The van der Waals surface area contributed by atoms with E-state index in [1.165, 1.54) is 0 Å². The first-order chi connectivity index (χ1) is 9.36. The summed E-state index contributed by atoms with van der Waals surface area (Å²) < 4.78 is 5.47. The molecule has 0 bridgehead atoms. The molecule has 2 aliphatic rings. The summed E-state index contributed by atoms with van der Waals surface area (Å²) in [6, 6.07) is -0.466. The van der Waals surface area contributed by atoms with E-state index in [1.807, 2.05) is 53.4 Å². The van der Waals surface area contributed by atoms with Crippen LogP contribution in [0.4, 0.5) is 0 Å². The van der Waals surface area contributed by atoms with E-state index in [4.69, 9.17) is 4.74 Å². The van der Waals surface area contributed by atoms with Gasteiger partial charge < -0.3 is 4.74 Å². The zero-order valence-corrected chi connectivity index (χ0v) is 12.6. The van der Waals surface area contributed by atoms with Crippen LogP contribution in [0.2, 0.25) is 0 Å². The van der Waals surface area contributed by atoms with Crippen molar-refractivity contribution in [1.82, 2.24) is 4.90 Å². The van der Waals surface area contributed by atoms with Gasteiger partial charge in [-0.1, -0.05) is 34.1 Å². The van der Waals surface area contributed by atoms with Crippen LogP contribution in [0.25, 0.3) is 0 Å². The Bertz CT molecular complexity index is 380. The van der Waals surface area contributed by atoms with Crippen LogP contribution in [-0.2, 0) is 14.3 Å². The topological polar surface area (TPSA) is 46.6 Å². The van der Waals surface area contributed by atoms with Gasteiger partial charge in [-0.15, -0.1) is 0 Å². The average molecular weight is 276 g/mol. The predicted octanol–water partition coefficient (Wildman–Crippen LogP) is 2.32. The first-order valence-electron chi connectivity index (χ1n) is 7.11.